The Bertz CT molecular complexity index is 750. The van der Waals surface area contributed by atoms with E-state index >= 15 is 0 Å². The molecular formula is C14H12FN3OS. The first-order chi connectivity index (χ1) is 9.63. The number of aryl methyl sites for hydroxylation is 1. The van der Waals surface area contributed by atoms with Gasteiger partial charge in [0.2, 0.25) is 0 Å². The molecule has 0 aliphatic carbocycles. The number of anilines is 1. The number of hydrogen-bond donors (Lipinski definition) is 1. The van der Waals surface area contributed by atoms with Crippen LogP contribution in [0, 0.1) is 12.7 Å². The summed E-state index contributed by atoms with van der Waals surface area (Å²) in [6, 6.07) is 8.44. The maximum atomic E-state index is 13.6. The van der Waals surface area contributed by atoms with Crippen molar-refractivity contribution < 1.29 is 8.91 Å². The second-order valence-electron chi connectivity index (χ2n) is 4.42. The Labute approximate surface area is 119 Å². The number of benzene rings is 1. The first-order valence-corrected chi connectivity index (χ1v) is 6.87. The molecule has 0 spiro atoms. The molecule has 0 saturated carbocycles. The molecule has 102 valence electrons. The molecule has 0 aliphatic heterocycles. The van der Waals surface area contributed by atoms with Crippen LogP contribution in [-0.2, 0) is 6.42 Å². The van der Waals surface area contributed by atoms with Gasteiger partial charge in [0.15, 0.2) is 5.82 Å². The van der Waals surface area contributed by atoms with Gasteiger partial charge >= 0.3 is 0 Å². The first-order valence-electron chi connectivity index (χ1n) is 6.06. The summed E-state index contributed by atoms with van der Waals surface area (Å²) in [4.78, 5) is 5.35. The van der Waals surface area contributed by atoms with Crippen molar-refractivity contribution in [3.63, 3.8) is 0 Å². The van der Waals surface area contributed by atoms with Gasteiger partial charge in [-0.3, -0.25) is 0 Å². The Morgan fingerprint density at radius 3 is 2.85 bits per heavy atom. The number of halogens is 1. The number of nitrogens with zero attached hydrogens (tertiary/aromatic N) is 2. The second-order valence-corrected chi connectivity index (χ2v) is 5.71. The van der Waals surface area contributed by atoms with Crippen LogP contribution in [-0.4, -0.2) is 10.1 Å². The van der Waals surface area contributed by atoms with Crippen molar-refractivity contribution >= 4 is 16.3 Å². The summed E-state index contributed by atoms with van der Waals surface area (Å²) in [7, 11) is 0. The summed E-state index contributed by atoms with van der Waals surface area (Å²) in [5, 5.41) is 4.52. The minimum absolute atomic E-state index is 0.273. The van der Waals surface area contributed by atoms with Crippen LogP contribution < -0.4 is 5.73 Å². The molecule has 2 heterocycles. The van der Waals surface area contributed by atoms with Gasteiger partial charge in [0.1, 0.15) is 5.82 Å². The van der Waals surface area contributed by atoms with E-state index in [1.807, 2.05) is 13.0 Å². The summed E-state index contributed by atoms with van der Waals surface area (Å²) in [5.41, 5.74) is 7.16. The molecule has 6 heteroatoms. The van der Waals surface area contributed by atoms with Crippen LogP contribution >= 0.6 is 11.3 Å². The van der Waals surface area contributed by atoms with E-state index in [0.29, 0.717) is 28.7 Å². The molecule has 0 aliphatic rings. The lowest BCUT2D eigenvalue weighted by molar-refractivity contribution is 0.424. The van der Waals surface area contributed by atoms with Gasteiger partial charge in [-0.25, -0.2) is 4.39 Å². The molecule has 0 fully saturated rings. The van der Waals surface area contributed by atoms with Gasteiger partial charge in [0.25, 0.3) is 5.89 Å². The van der Waals surface area contributed by atoms with Gasteiger partial charge in [-0.1, -0.05) is 23.4 Å². The molecular weight excluding hydrogens is 277 g/mol. The number of hydrogen-bond acceptors (Lipinski definition) is 5. The quantitative estimate of drug-likeness (QED) is 0.802. The number of nitrogen functional groups attached to an aromatic ring is 1. The molecule has 2 N–H and O–H groups in total. The summed E-state index contributed by atoms with van der Waals surface area (Å²) >= 11 is 1.47. The third-order valence-electron chi connectivity index (χ3n) is 2.89. The second kappa shape index (κ2) is 5.05. The van der Waals surface area contributed by atoms with E-state index in [1.165, 1.54) is 17.4 Å². The van der Waals surface area contributed by atoms with Gasteiger partial charge in [-0.2, -0.15) is 4.98 Å². The molecule has 0 atom stereocenters. The smallest absolute Gasteiger partial charge is 0.260 e. The predicted molar refractivity (Wildman–Crippen MR) is 76.0 cm³/mol. The highest BCUT2D eigenvalue weighted by molar-refractivity contribution is 7.16. The summed E-state index contributed by atoms with van der Waals surface area (Å²) in [6.45, 7) is 1.96. The van der Waals surface area contributed by atoms with Crippen LogP contribution in [0.3, 0.4) is 0 Å². The van der Waals surface area contributed by atoms with Crippen molar-refractivity contribution in [1.82, 2.24) is 10.1 Å². The van der Waals surface area contributed by atoms with Crippen LogP contribution in [0.1, 0.15) is 16.3 Å². The standard InChI is InChI=1S/C14H12FN3OS/c1-8-6-10(13(16)20-8)14-17-12(18-19-14)7-9-4-2-3-5-11(9)15/h2-6H,7,16H2,1H3. The lowest BCUT2D eigenvalue weighted by atomic mass is 10.1. The third-order valence-corrected chi connectivity index (χ3v) is 3.77. The van der Waals surface area contributed by atoms with Crippen LogP contribution in [0.2, 0.25) is 0 Å². The summed E-state index contributed by atoms with van der Waals surface area (Å²) < 4.78 is 18.8. The fourth-order valence-electron chi connectivity index (χ4n) is 1.95. The molecule has 0 bridgehead atoms. The minimum atomic E-state index is -0.273. The minimum Gasteiger partial charge on any atom is -0.390 e. The van der Waals surface area contributed by atoms with Gasteiger partial charge < -0.3 is 10.3 Å². The predicted octanol–water partition coefficient (Wildman–Crippen LogP) is 3.42. The zero-order valence-corrected chi connectivity index (χ0v) is 11.6. The molecule has 0 radical (unpaired) electrons. The van der Waals surface area contributed by atoms with E-state index in [4.69, 9.17) is 10.3 Å². The van der Waals surface area contributed by atoms with E-state index in [-0.39, 0.29) is 5.82 Å². The molecule has 20 heavy (non-hydrogen) atoms. The Morgan fingerprint density at radius 1 is 1.35 bits per heavy atom. The largest absolute Gasteiger partial charge is 0.390 e. The van der Waals surface area contributed by atoms with Crippen molar-refractivity contribution in [3.05, 3.63) is 52.4 Å². The van der Waals surface area contributed by atoms with Gasteiger partial charge in [0.05, 0.1) is 10.6 Å². The number of aromatic nitrogens is 2. The molecule has 0 unspecified atom stereocenters. The summed E-state index contributed by atoms with van der Waals surface area (Å²) in [6.07, 6.45) is 0.291. The summed E-state index contributed by atoms with van der Waals surface area (Å²) in [5.74, 6) is 0.538. The van der Waals surface area contributed by atoms with Gasteiger partial charge in [-0.05, 0) is 24.6 Å². The normalized spacial score (nSPS) is 10.9. The van der Waals surface area contributed by atoms with Crippen LogP contribution in [0.25, 0.3) is 11.5 Å². The maximum Gasteiger partial charge on any atom is 0.260 e. The van der Waals surface area contributed by atoms with Gasteiger partial charge in [-0.15, -0.1) is 11.3 Å². The molecule has 3 aromatic rings. The maximum absolute atomic E-state index is 13.6. The lowest BCUT2D eigenvalue weighted by Gasteiger charge is -1.97. The Kier molecular flexibility index (Phi) is 3.23. The Balaban J connectivity index is 1.88. The highest BCUT2D eigenvalue weighted by Crippen LogP contribution is 2.32. The fourth-order valence-corrected chi connectivity index (χ4v) is 2.73. The molecule has 0 amide bonds. The molecule has 3 rings (SSSR count). The lowest BCUT2D eigenvalue weighted by Crippen LogP contribution is -1.94. The van der Waals surface area contributed by atoms with E-state index in [9.17, 15) is 4.39 Å². The molecule has 4 nitrogen and oxygen atoms in total. The van der Waals surface area contributed by atoms with Crippen LogP contribution in [0.15, 0.2) is 34.9 Å². The van der Waals surface area contributed by atoms with Crippen molar-refractivity contribution in [2.24, 2.45) is 0 Å². The van der Waals surface area contributed by atoms with Crippen LogP contribution in [0.4, 0.5) is 9.39 Å². The zero-order valence-electron chi connectivity index (χ0n) is 10.8. The third kappa shape index (κ3) is 2.42. The fraction of sp³-hybridized carbons (Fsp3) is 0.143. The van der Waals surface area contributed by atoms with Crippen molar-refractivity contribution in [2.45, 2.75) is 13.3 Å². The van der Waals surface area contributed by atoms with E-state index < -0.39 is 0 Å². The van der Waals surface area contributed by atoms with Crippen LogP contribution in [0.5, 0.6) is 0 Å². The number of rotatable bonds is 3. The van der Waals surface area contributed by atoms with E-state index in [2.05, 4.69) is 10.1 Å². The molecule has 0 saturated heterocycles. The molecule has 1 aromatic carbocycles. The average Bonchev–Trinajstić information content (AvgIpc) is 2.99. The van der Waals surface area contributed by atoms with E-state index in [1.54, 1.807) is 18.2 Å². The Hall–Kier alpha value is -2.21. The van der Waals surface area contributed by atoms with Gasteiger partial charge in [0, 0.05) is 11.3 Å². The first kappa shape index (κ1) is 12.8. The topological polar surface area (TPSA) is 64.9 Å². The highest BCUT2D eigenvalue weighted by atomic mass is 32.1. The zero-order chi connectivity index (χ0) is 14.1. The SMILES string of the molecule is Cc1cc(-c2nc(Cc3ccccc3F)no2)c(N)s1. The average molecular weight is 289 g/mol. The molecule has 2 aromatic heterocycles. The monoisotopic (exact) mass is 289 g/mol. The van der Waals surface area contributed by atoms with Crippen molar-refractivity contribution in [3.8, 4) is 11.5 Å². The van der Waals surface area contributed by atoms with E-state index in [0.717, 1.165) is 10.4 Å². The number of thiophene rings is 1. The van der Waals surface area contributed by atoms with Crippen molar-refractivity contribution in [2.75, 3.05) is 5.73 Å². The Morgan fingerprint density at radius 2 is 2.15 bits per heavy atom. The van der Waals surface area contributed by atoms with Crippen molar-refractivity contribution in [1.29, 1.82) is 0 Å². The number of nitrogens with two attached hydrogens (primary N) is 1. The highest BCUT2D eigenvalue weighted by Gasteiger charge is 2.15.